The standard InChI is InChI=1S/C13H17IO4/c1-4-17-12(15)10-6-5-7-14-11(10)13(16)18-8-9(2)3/h5-7,9H,4,8H2,1-3H3. The van der Waals surface area contributed by atoms with Gasteiger partial charge in [0.25, 0.3) is 0 Å². The second-order valence-electron chi connectivity index (χ2n) is 4.03. The topological polar surface area (TPSA) is 52.6 Å². The van der Waals surface area contributed by atoms with Crippen LogP contribution in [0.25, 0.3) is 0 Å². The number of carbonyl (C=O) groups excluding carboxylic acids is 2. The fraction of sp³-hybridized carbons (Fsp3) is 0.462. The molecular weight excluding hydrogens is 347 g/mol. The monoisotopic (exact) mass is 364 g/mol. The fourth-order valence-electron chi connectivity index (χ4n) is 1.19. The predicted molar refractivity (Wildman–Crippen MR) is 78.7 cm³/mol. The first-order valence-electron chi connectivity index (χ1n) is 5.78. The van der Waals surface area contributed by atoms with Crippen molar-refractivity contribution in [2.75, 3.05) is 13.2 Å². The van der Waals surface area contributed by atoms with Gasteiger partial charge in [0.15, 0.2) is 0 Å². The molecule has 100 valence electrons. The lowest BCUT2D eigenvalue weighted by Gasteiger charge is -2.11. The van der Waals surface area contributed by atoms with Crippen LogP contribution >= 0.6 is 20.7 Å². The van der Waals surface area contributed by atoms with E-state index in [2.05, 4.69) is 0 Å². The Kier molecular flexibility index (Phi) is 6.24. The molecule has 0 unspecified atom stereocenters. The number of hydrogen-bond acceptors (Lipinski definition) is 4. The third kappa shape index (κ3) is 4.36. The van der Waals surface area contributed by atoms with E-state index in [-0.39, 0.29) is 11.9 Å². The van der Waals surface area contributed by atoms with Crippen molar-refractivity contribution >= 4 is 36.7 Å². The molecule has 0 aliphatic carbocycles. The van der Waals surface area contributed by atoms with Gasteiger partial charge in [-0.1, -0.05) is 40.7 Å². The number of rotatable bonds is 5. The maximum Gasteiger partial charge on any atom is 0.344 e. The first kappa shape index (κ1) is 15.1. The van der Waals surface area contributed by atoms with E-state index < -0.39 is 26.7 Å². The van der Waals surface area contributed by atoms with E-state index in [1.807, 2.05) is 17.9 Å². The number of esters is 2. The summed E-state index contributed by atoms with van der Waals surface area (Å²) in [4.78, 5) is 23.6. The van der Waals surface area contributed by atoms with Gasteiger partial charge in [-0.15, -0.1) is 0 Å². The molecule has 0 aromatic rings. The van der Waals surface area contributed by atoms with Crippen molar-refractivity contribution in [3.8, 4) is 0 Å². The van der Waals surface area contributed by atoms with Gasteiger partial charge in [0, 0.05) is 0 Å². The van der Waals surface area contributed by atoms with Gasteiger partial charge in [0.1, 0.15) is 3.58 Å². The quantitative estimate of drug-likeness (QED) is 0.555. The molecule has 5 heteroatoms. The predicted octanol–water partition coefficient (Wildman–Crippen LogP) is 2.35. The molecule has 0 N–H and O–H groups in total. The van der Waals surface area contributed by atoms with Gasteiger partial charge in [0.05, 0.1) is 18.8 Å². The summed E-state index contributed by atoms with van der Waals surface area (Å²) in [5.41, 5.74) is 0.348. The summed E-state index contributed by atoms with van der Waals surface area (Å²) < 4.78 is 12.5. The minimum Gasteiger partial charge on any atom is -0.462 e. The Balaban J connectivity index is 2.86. The van der Waals surface area contributed by atoms with Crippen LogP contribution < -0.4 is 0 Å². The van der Waals surface area contributed by atoms with Crippen LogP contribution in [0, 0.1) is 5.92 Å². The number of ether oxygens (including phenoxy) is 2. The molecular formula is C13H17IO4. The van der Waals surface area contributed by atoms with E-state index >= 15 is 0 Å². The molecule has 0 saturated carbocycles. The van der Waals surface area contributed by atoms with Crippen molar-refractivity contribution in [2.24, 2.45) is 5.92 Å². The zero-order valence-electron chi connectivity index (χ0n) is 10.7. The molecule has 0 amide bonds. The van der Waals surface area contributed by atoms with E-state index in [9.17, 15) is 9.59 Å². The normalized spacial score (nSPS) is 14.4. The Morgan fingerprint density at radius 1 is 1.28 bits per heavy atom. The Morgan fingerprint density at radius 3 is 2.61 bits per heavy atom. The molecule has 0 spiro atoms. The first-order chi connectivity index (χ1) is 8.56. The van der Waals surface area contributed by atoms with E-state index in [1.165, 1.54) is 0 Å². The van der Waals surface area contributed by atoms with Crippen molar-refractivity contribution < 1.29 is 19.1 Å². The van der Waals surface area contributed by atoms with Crippen LogP contribution in [0.15, 0.2) is 21.3 Å². The van der Waals surface area contributed by atoms with Crippen molar-refractivity contribution in [3.63, 3.8) is 0 Å². The highest BCUT2D eigenvalue weighted by Gasteiger charge is 2.21. The molecule has 0 saturated heterocycles. The average Bonchev–Trinajstić information content (AvgIpc) is 2.36. The van der Waals surface area contributed by atoms with Crippen LogP contribution in [0.1, 0.15) is 20.8 Å². The third-order valence-electron chi connectivity index (χ3n) is 1.97. The maximum atomic E-state index is 11.9. The molecule has 1 aliphatic heterocycles. The van der Waals surface area contributed by atoms with E-state index in [1.54, 1.807) is 19.1 Å². The molecule has 0 radical (unpaired) electrons. The van der Waals surface area contributed by atoms with E-state index in [4.69, 9.17) is 9.47 Å². The van der Waals surface area contributed by atoms with Crippen LogP contribution in [0.4, 0.5) is 0 Å². The highest BCUT2D eigenvalue weighted by molar-refractivity contribution is 14.2. The minimum absolute atomic E-state index is 0.280. The van der Waals surface area contributed by atoms with Gasteiger partial charge >= 0.3 is 11.9 Å². The van der Waals surface area contributed by atoms with Gasteiger partial charge in [-0.2, -0.15) is 0 Å². The second kappa shape index (κ2) is 7.45. The van der Waals surface area contributed by atoms with Gasteiger partial charge in [-0.25, -0.2) is 9.59 Å². The largest absolute Gasteiger partial charge is 0.462 e. The average molecular weight is 364 g/mol. The van der Waals surface area contributed by atoms with Crippen molar-refractivity contribution in [2.45, 2.75) is 20.8 Å². The number of halogens is 1. The molecule has 0 atom stereocenters. The Morgan fingerprint density at radius 2 is 2.00 bits per heavy atom. The Bertz CT molecular complexity index is 419. The Labute approximate surface area is 117 Å². The lowest BCUT2D eigenvalue weighted by molar-refractivity contribution is -0.141. The van der Waals surface area contributed by atoms with Gasteiger partial charge in [-0.05, 0) is 22.9 Å². The highest BCUT2D eigenvalue weighted by Crippen LogP contribution is 2.25. The molecule has 0 aromatic carbocycles. The summed E-state index contributed by atoms with van der Waals surface area (Å²) in [7, 11) is 0. The molecule has 1 heterocycles. The summed E-state index contributed by atoms with van der Waals surface area (Å²) in [5, 5.41) is 0. The first-order valence-corrected chi connectivity index (χ1v) is 8.10. The van der Waals surface area contributed by atoms with Crippen LogP contribution in [0.3, 0.4) is 0 Å². The lowest BCUT2D eigenvalue weighted by atomic mass is 10.2. The lowest BCUT2D eigenvalue weighted by Crippen LogP contribution is -2.16. The summed E-state index contributed by atoms with van der Waals surface area (Å²) in [6.07, 6.45) is 3.41. The highest BCUT2D eigenvalue weighted by atomic mass is 127. The smallest absolute Gasteiger partial charge is 0.344 e. The van der Waals surface area contributed by atoms with Gasteiger partial charge < -0.3 is 9.47 Å². The molecule has 18 heavy (non-hydrogen) atoms. The second-order valence-corrected chi connectivity index (χ2v) is 6.46. The van der Waals surface area contributed by atoms with Gasteiger partial charge in [-0.3, -0.25) is 0 Å². The third-order valence-corrected chi connectivity index (χ3v) is 4.39. The van der Waals surface area contributed by atoms with Crippen LogP contribution in [-0.2, 0) is 19.1 Å². The SMILES string of the molecule is CCOC(=O)C1=C(C(=O)OCC(C)C)I=CC=C1. The van der Waals surface area contributed by atoms with Crippen LogP contribution in [0.2, 0.25) is 0 Å². The van der Waals surface area contributed by atoms with Crippen LogP contribution in [0.5, 0.6) is 0 Å². The minimum atomic E-state index is -0.617. The molecule has 1 aliphatic rings. The molecule has 0 fully saturated rings. The van der Waals surface area contributed by atoms with Gasteiger partial charge in [0.2, 0.25) is 0 Å². The summed E-state index contributed by atoms with van der Waals surface area (Å²) in [5.74, 6) is -0.555. The fourth-order valence-corrected chi connectivity index (χ4v) is 3.11. The van der Waals surface area contributed by atoms with Crippen molar-refractivity contribution in [1.82, 2.24) is 0 Å². The van der Waals surface area contributed by atoms with E-state index in [0.29, 0.717) is 22.4 Å². The summed E-state index contributed by atoms with van der Waals surface area (Å²) >= 11 is -0.617. The molecule has 4 nitrogen and oxygen atoms in total. The molecule has 0 bridgehead atoms. The van der Waals surface area contributed by atoms with Crippen LogP contribution in [-0.4, -0.2) is 29.2 Å². The summed E-state index contributed by atoms with van der Waals surface area (Å²) in [6.45, 7) is 6.34. The Hall–Kier alpha value is -0.980. The summed E-state index contributed by atoms with van der Waals surface area (Å²) in [6, 6.07) is 0. The van der Waals surface area contributed by atoms with E-state index in [0.717, 1.165) is 0 Å². The maximum absolute atomic E-state index is 11.9. The number of allylic oxidation sites excluding steroid dienone is 1. The van der Waals surface area contributed by atoms with Crippen molar-refractivity contribution in [1.29, 1.82) is 0 Å². The molecule has 1 rings (SSSR count). The number of carbonyl (C=O) groups is 2. The van der Waals surface area contributed by atoms with Crippen molar-refractivity contribution in [3.05, 3.63) is 21.3 Å². The number of hydrogen-bond donors (Lipinski definition) is 0. The zero-order chi connectivity index (χ0) is 13.5. The zero-order valence-corrected chi connectivity index (χ0v) is 12.9. The molecule has 0 aromatic heterocycles.